The highest BCUT2D eigenvalue weighted by molar-refractivity contribution is 5.91. The maximum absolute atomic E-state index is 10.9. The summed E-state index contributed by atoms with van der Waals surface area (Å²) < 4.78 is 7.42. The van der Waals surface area contributed by atoms with Gasteiger partial charge in [-0.2, -0.15) is 0 Å². The van der Waals surface area contributed by atoms with E-state index in [1.54, 1.807) is 6.07 Å². The Hall–Kier alpha value is -2.82. The topological polar surface area (TPSA) is 67.2 Å². The van der Waals surface area contributed by atoms with E-state index in [9.17, 15) is 9.90 Å². The van der Waals surface area contributed by atoms with Crippen LogP contribution in [0.15, 0.2) is 42.5 Å². The van der Waals surface area contributed by atoms with E-state index in [2.05, 4.69) is 4.98 Å². The number of fused-ring (bicyclic) bond motifs is 1. The number of carbonyl (C=O) groups excluding carboxylic acids is 1. The third kappa shape index (κ3) is 2.41. The number of hydrogen-bond donors (Lipinski definition) is 0. The van der Waals surface area contributed by atoms with Crippen molar-refractivity contribution in [3.8, 4) is 11.4 Å². The Morgan fingerprint density at radius 1 is 1.23 bits per heavy atom. The molecule has 0 spiro atoms. The number of carboxylic acids is 1. The van der Waals surface area contributed by atoms with E-state index in [4.69, 9.17) is 4.74 Å². The molecule has 0 saturated carbocycles. The van der Waals surface area contributed by atoms with Crippen molar-refractivity contribution in [2.24, 2.45) is 0 Å². The maximum atomic E-state index is 10.9. The number of carbonyl (C=O) groups is 1. The van der Waals surface area contributed by atoms with E-state index in [-0.39, 0.29) is 5.56 Å². The van der Waals surface area contributed by atoms with E-state index in [0.717, 1.165) is 22.8 Å². The summed E-state index contributed by atoms with van der Waals surface area (Å²) in [6.07, 6.45) is 0. The maximum Gasteiger partial charge on any atom is 0.119 e. The quantitative estimate of drug-likeness (QED) is 0.739. The second-order valence-corrected chi connectivity index (χ2v) is 4.91. The fourth-order valence-electron chi connectivity index (χ4n) is 2.51. The minimum atomic E-state index is -1.20. The summed E-state index contributed by atoms with van der Waals surface area (Å²) in [5.74, 6) is 0.400. The van der Waals surface area contributed by atoms with Crippen molar-refractivity contribution in [2.45, 2.75) is 13.8 Å². The van der Waals surface area contributed by atoms with Gasteiger partial charge < -0.3 is 14.6 Å². The molecule has 0 amide bonds. The monoisotopic (exact) mass is 295 g/mol. The molecule has 5 nitrogen and oxygen atoms in total. The van der Waals surface area contributed by atoms with Crippen molar-refractivity contribution in [3.63, 3.8) is 0 Å². The number of hydrogen-bond acceptors (Lipinski definition) is 4. The van der Waals surface area contributed by atoms with Gasteiger partial charge in [-0.25, -0.2) is 4.98 Å². The second kappa shape index (κ2) is 5.52. The molecule has 0 fully saturated rings. The first-order chi connectivity index (χ1) is 10.6. The summed E-state index contributed by atoms with van der Waals surface area (Å²) in [6, 6.07) is 12.5. The van der Waals surface area contributed by atoms with Gasteiger partial charge in [0.25, 0.3) is 0 Å². The minimum Gasteiger partial charge on any atom is -0.545 e. The van der Waals surface area contributed by atoms with E-state index in [1.165, 1.54) is 12.1 Å². The van der Waals surface area contributed by atoms with Crippen molar-refractivity contribution in [1.29, 1.82) is 0 Å². The Balaban J connectivity index is 2.10. The van der Waals surface area contributed by atoms with E-state index < -0.39 is 5.97 Å². The number of aryl methyl sites for hydroxylation is 1. The number of ether oxygens (including phenoxy) is 1. The molecule has 2 aromatic carbocycles. The number of carboxylic acid groups (broad SMARTS) is 1. The Kier molecular flexibility index (Phi) is 3.55. The molecule has 0 radical (unpaired) electrons. The van der Waals surface area contributed by atoms with Crippen molar-refractivity contribution >= 4 is 17.0 Å². The standard InChI is InChI=1S/C17H16N2O3/c1-3-22-14-7-5-13(6-8-14)19-11(2)18-15-10-12(17(20)21)4-9-16(15)19/h4-10H,3H2,1-2H3,(H,20,21)/p-1. The van der Waals surface area contributed by atoms with Crippen LogP contribution >= 0.6 is 0 Å². The fourth-order valence-corrected chi connectivity index (χ4v) is 2.51. The number of nitrogens with zero attached hydrogens (tertiary/aromatic N) is 2. The van der Waals surface area contributed by atoms with Gasteiger partial charge in [0.15, 0.2) is 0 Å². The molecule has 0 aliphatic rings. The lowest BCUT2D eigenvalue weighted by Gasteiger charge is -2.09. The zero-order valence-electron chi connectivity index (χ0n) is 12.4. The highest BCUT2D eigenvalue weighted by Gasteiger charge is 2.10. The summed E-state index contributed by atoms with van der Waals surface area (Å²) in [5, 5.41) is 10.9. The average molecular weight is 295 g/mol. The number of aromatic nitrogens is 2. The van der Waals surface area contributed by atoms with E-state index >= 15 is 0 Å². The first-order valence-corrected chi connectivity index (χ1v) is 7.04. The van der Waals surface area contributed by atoms with Crippen LogP contribution < -0.4 is 9.84 Å². The smallest absolute Gasteiger partial charge is 0.119 e. The van der Waals surface area contributed by atoms with Gasteiger partial charge in [0.1, 0.15) is 11.6 Å². The van der Waals surface area contributed by atoms with Gasteiger partial charge in [0.05, 0.1) is 23.6 Å². The summed E-state index contributed by atoms with van der Waals surface area (Å²) >= 11 is 0. The normalized spacial score (nSPS) is 10.8. The average Bonchev–Trinajstić information content (AvgIpc) is 2.83. The molecule has 1 heterocycles. The molecule has 1 aromatic heterocycles. The predicted octanol–water partition coefficient (Wildman–Crippen LogP) is 2.10. The molecule has 22 heavy (non-hydrogen) atoms. The van der Waals surface area contributed by atoms with Gasteiger partial charge in [-0.05, 0) is 55.8 Å². The highest BCUT2D eigenvalue weighted by Crippen LogP contribution is 2.23. The molecular formula is C17H15N2O3-. The largest absolute Gasteiger partial charge is 0.545 e. The Morgan fingerprint density at radius 2 is 1.95 bits per heavy atom. The van der Waals surface area contributed by atoms with Crippen LogP contribution in [0.5, 0.6) is 5.75 Å². The lowest BCUT2D eigenvalue weighted by Crippen LogP contribution is -2.21. The molecule has 0 aliphatic heterocycles. The molecule has 5 heteroatoms. The molecule has 0 bridgehead atoms. The van der Waals surface area contributed by atoms with Crippen LogP contribution in [-0.4, -0.2) is 22.1 Å². The highest BCUT2D eigenvalue weighted by atomic mass is 16.5. The van der Waals surface area contributed by atoms with Crippen molar-refractivity contribution in [2.75, 3.05) is 6.61 Å². The van der Waals surface area contributed by atoms with Crippen LogP contribution in [-0.2, 0) is 0 Å². The summed E-state index contributed by atoms with van der Waals surface area (Å²) in [6.45, 7) is 4.45. The molecule has 3 aromatic rings. The van der Waals surface area contributed by atoms with Gasteiger partial charge in [0.2, 0.25) is 0 Å². The lowest BCUT2D eigenvalue weighted by molar-refractivity contribution is -0.255. The minimum absolute atomic E-state index is 0.129. The van der Waals surface area contributed by atoms with Crippen molar-refractivity contribution in [3.05, 3.63) is 53.9 Å². The Morgan fingerprint density at radius 3 is 2.59 bits per heavy atom. The first-order valence-electron chi connectivity index (χ1n) is 7.04. The van der Waals surface area contributed by atoms with Crippen LogP contribution in [0.4, 0.5) is 0 Å². The number of imidazole rings is 1. The van der Waals surface area contributed by atoms with E-state index in [0.29, 0.717) is 12.1 Å². The molecule has 3 rings (SSSR count). The predicted molar refractivity (Wildman–Crippen MR) is 81.3 cm³/mol. The Bertz CT molecular complexity index is 835. The van der Waals surface area contributed by atoms with Crippen molar-refractivity contribution in [1.82, 2.24) is 9.55 Å². The third-order valence-corrected chi connectivity index (χ3v) is 3.46. The molecule has 0 atom stereocenters. The fraction of sp³-hybridized carbons (Fsp3) is 0.176. The zero-order valence-corrected chi connectivity index (χ0v) is 12.4. The summed E-state index contributed by atoms with van der Waals surface area (Å²) in [5.41, 5.74) is 2.56. The van der Waals surface area contributed by atoms with Gasteiger partial charge >= 0.3 is 0 Å². The second-order valence-electron chi connectivity index (χ2n) is 4.91. The number of aromatic carboxylic acids is 1. The third-order valence-electron chi connectivity index (χ3n) is 3.46. The van der Waals surface area contributed by atoms with Gasteiger partial charge in [0, 0.05) is 5.69 Å². The van der Waals surface area contributed by atoms with Gasteiger partial charge in [-0.1, -0.05) is 6.07 Å². The Labute approximate surface area is 127 Å². The van der Waals surface area contributed by atoms with Crippen LogP contribution in [0.3, 0.4) is 0 Å². The molecular weight excluding hydrogens is 280 g/mol. The first kappa shape index (κ1) is 14.1. The van der Waals surface area contributed by atoms with Gasteiger partial charge in [-0.15, -0.1) is 0 Å². The van der Waals surface area contributed by atoms with Crippen LogP contribution in [0, 0.1) is 6.92 Å². The zero-order chi connectivity index (χ0) is 15.7. The van der Waals surface area contributed by atoms with Gasteiger partial charge in [-0.3, -0.25) is 4.57 Å². The molecule has 0 N–H and O–H groups in total. The molecule has 0 unspecified atom stereocenters. The van der Waals surface area contributed by atoms with Crippen LogP contribution in [0.1, 0.15) is 23.1 Å². The SMILES string of the molecule is CCOc1ccc(-n2c(C)nc3cc(C(=O)[O-])ccc32)cc1. The number of rotatable bonds is 4. The molecule has 0 aliphatic carbocycles. The lowest BCUT2D eigenvalue weighted by atomic mass is 10.2. The van der Waals surface area contributed by atoms with Crippen LogP contribution in [0.25, 0.3) is 16.7 Å². The van der Waals surface area contributed by atoms with Crippen LogP contribution in [0.2, 0.25) is 0 Å². The van der Waals surface area contributed by atoms with Crippen molar-refractivity contribution < 1.29 is 14.6 Å². The molecule has 0 saturated heterocycles. The molecule has 112 valence electrons. The van der Waals surface area contributed by atoms with E-state index in [1.807, 2.05) is 42.7 Å². The number of benzene rings is 2. The summed E-state index contributed by atoms with van der Waals surface area (Å²) in [4.78, 5) is 15.4. The summed E-state index contributed by atoms with van der Waals surface area (Å²) in [7, 11) is 0.